The van der Waals surface area contributed by atoms with Gasteiger partial charge < -0.3 is 10.1 Å². The van der Waals surface area contributed by atoms with Crippen LogP contribution in [0, 0.1) is 11.8 Å². The van der Waals surface area contributed by atoms with Crippen molar-refractivity contribution < 1.29 is 4.74 Å². The van der Waals surface area contributed by atoms with E-state index in [1.54, 1.807) is 0 Å². The number of hydrogen-bond donors (Lipinski definition) is 1. The third-order valence-corrected chi connectivity index (χ3v) is 4.66. The van der Waals surface area contributed by atoms with Crippen LogP contribution in [0.25, 0.3) is 0 Å². The molecular formula is C18H28ClNO. The summed E-state index contributed by atoms with van der Waals surface area (Å²) in [4.78, 5) is 0. The van der Waals surface area contributed by atoms with E-state index >= 15 is 0 Å². The molecule has 0 radical (unpaired) electrons. The number of halogens is 1. The average Bonchev–Trinajstić information content (AvgIpc) is 2.47. The molecule has 1 aliphatic rings. The number of nitrogens with one attached hydrogen (secondary N) is 1. The van der Waals surface area contributed by atoms with E-state index < -0.39 is 0 Å². The van der Waals surface area contributed by atoms with Crippen molar-refractivity contribution in [3.63, 3.8) is 0 Å². The molecule has 0 bridgehead atoms. The minimum absolute atomic E-state index is 0.536. The van der Waals surface area contributed by atoms with E-state index in [4.69, 9.17) is 16.3 Å². The van der Waals surface area contributed by atoms with Crippen molar-refractivity contribution in [1.82, 2.24) is 0 Å². The van der Waals surface area contributed by atoms with Crippen LogP contribution in [0.3, 0.4) is 0 Å². The van der Waals surface area contributed by atoms with E-state index in [2.05, 4.69) is 26.1 Å². The molecule has 0 amide bonds. The molecule has 2 rings (SSSR count). The Morgan fingerprint density at radius 3 is 2.86 bits per heavy atom. The molecule has 3 heteroatoms. The number of rotatable bonds is 6. The molecule has 0 aliphatic heterocycles. The first kappa shape index (κ1) is 16.5. The lowest BCUT2D eigenvalue weighted by atomic mass is 9.79. The van der Waals surface area contributed by atoms with Crippen LogP contribution in [0.5, 0.6) is 5.75 Å². The predicted molar refractivity (Wildman–Crippen MR) is 91.4 cm³/mol. The molecule has 0 saturated heterocycles. The molecule has 0 heterocycles. The number of ether oxygens (including phenoxy) is 1. The van der Waals surface area contributed by atoms with Gasteiger partial charge in [-0.15, -0.1) is 0 Å². The van der Waals surface area contributed by atoms with Gasteiger partial charge in [-0.3, -0.25) is 0 Å². The topological polar surface area (TPSA) is 21.3 Å². The van der Waals surface area contributed by atoms with Crippen LogP contribution in [0.4, 0.5) is 5.69 Å². The molecule has 2 nitrogen and oxygen atoms in total. The fourth-order valence-corrected chi connectivity index (χ4v) is 3.31. The van der Waals surface area contributed by atoms with Crippen molar-refractivity contribution >= 4 is 17.3 Å². The van der Waals surface area contributed by atoms with Gasteiger partial charge in [-0.2, -0.15) is 0 Å². The quantitative estimate of drug-likeness (QED) is 0.721. The summed E-state index contributed by atoms with van der Waals surface area (Å²) in [6.07, 6.45) is 6.18. The molecule has 0 spiro atoms. The highest BCUT2D eigenvalue weighted by Crippen LogP contribution is 2.34. The van der Waals surface area contributed by atoms with E-state index in [0.29, 0.717) is 6.04 Å². The third-order valence-electron chi connectivity index (χ3n) is 4.42. The minimum atomic E-state index is 0.536. The Balaban J connectivity index is 2.05. The van der Waals surface area contributed by atoms with E-state index in [1.165, 1.54) is 25.7 Å². The summed E-state index contributed by atoms with van der Waals surface area (Å²) in [5, 5.41) is 4.44. The van der Waals surface area contributed by atoms with Crippen molar-refractivity contribution in [1.29, 1.82) is 0 Å². The average molecular weight is 310 g/mol. The first-order chi connectivity index (χ1) is 10.1. The molecule has 2 unspecified atom stereocenters. The standard InChI is InChI=1S/C18H28ClNO/c1-4-10-21-18-9-8-15(19)12-17(18)20-16-7-5-6-14(11-16)13(2)3/h8-9,12-14,16,20H,4-7,10-11H2,1-3H3. The Morgan fingerprint density at radius 2 is 2.14 bits per heavy atom. The minimum Gasteiger partial charge on any atom is -0.491 e. The molecule has 118 valence electrons. The smallest absolute Gasteiger partial charge is 0.142 e. The summed E-state index contributed by atoms with van der Waals surface area (Å²) in [5.74, 6) is 2.52. The normalized spacial score (nSPS) is 22.3. The zero-order chi connectivity index (χ0) is 15.2. The highest BCUT2D eigenvalue weighted by Gasteiger charge is 2.24. The van der Waals surface area contributed by atoms with Gasteiger partial charge >= 0.3 is 0 Å². The Bertz CT molecular complexity index is 447. The van der Waals surface area contributed by atoms with E-state index in [-0.39, 0.29) is 0 Å². The van der Waals surface area contributed by atoms with E-state index in [9.17, 15) is 0 Å². The van der Waals surface area contributed by atoms with Gasteiger partial charge in [-0.1, -0.05) is 45.2 Å². The monoisotopic (exact) mass is 309 g/mol. The molecule has 21 heavy (non-hydrogen) atoms. The van der Waals surface area contributed by atoms with Crippen molar-refractivity contribution in [2.75, 3.05) is 11.9 Å². The molecule has 0 aromatic heterocycles. The maximum Gasteiger partial charge on any atom is 0.142 e. The van der Waals surface area contributed by atoms with Crippen molar-refractivity contribution in [3.8, 4) is 5.75 Å². The Hall–Kier alpha value is -0.890. The van der Waals surface area contributed by atoms with Crippen LogP contribution in [0.1, 0.15) is 52.9 Å². The zero-order valence-electron chi connectivity index (χ0n) is 13.5. The van der Waals surface area contributed by atoms with Crippen molar-refractivity contribution in [2.24, 2.45) is 11.8 Å². The van der Waals surface area contributed by atoms with Gasteiger partial charge in [0.2, 0.25) is 0 Å². The molecule has 1 fully saturated rings. The van der Waals surface area contributed by atoms with Crippen LogP contribution >= 0.6 is 11.6 Å². The Labute approximate surface area is 134 Å². The van der Waals surface area contributed by atoms with Crippen molar-refractivity contribution in [3.05, 3.63) is 23.2 Å². The predicted octanol–water partition coefficient (Wildman–Crippen LogP) is 5.76. The summed E-state index contributed by atoms with van der Waals surface area (Å²) in [7, 11) is 0. The fraction of sp³-hybridized carbons (Fsp3) is 0.667. The summed E-state index contributed by atoms with van der Waals surface area (Å²) in [6.45, 7) is 7.54. The van der Waals surface area contributed by atoms with Crippen LogP contribution in [-0.2, 0) is 0 Å². The second-order valence-electron chi connectivity index (χ2n) is 6.50. The molecule has 1 N–H and O–H groups in total. The lowest BCUT2D eigenvalue weighted by molar-refractivity contribution is 0.263. The Kier molecular flexibility index (Phi) is 6.22. The largest absolute Gasteiger partial charge is 0.491 e. The summed E-state index contributed by atoms with van der Waals surface area (Å²) >= 11 is 6.15. The maximum atomic E-state index is 6.15. The van der Waals surface area contributed by atoms with Gasteiger partial charge in [0.25, 0.3) is 0 Å². The SMILES string of the molecule is CCCOc1ccc(Cl)cc1NC1CCCC(C(C)C)C1. The number of benzene rings is 1. The first-order valence-electron chi connectivity index (χ1n) is 8.29. The molecule has 2 atom stereocenters. The van der Waals surface area contributed by atoms with Crippen LogP contribution in [0.2, 0.25) is 5.02 Å². The lowest BCUT2D eigenvalue weighted by Gasteiger charge is -2.33. The van der Waals surface area contributed by atoms with Crippen molar-refractivity contribution in [2.45, 2.75) is 58.9 Å². The van der Waals surface area contributed by atoms with E-state index in [1.807, 2.05) is 18.2 Å². The number of anilines is 1. The van der Waals surface area contributed by atoms with Crippen LogP contribution in [-0.4, -0.2) is 12.6 Å². The van der Waals surface area contributed by atoms with Gasteiger partial charge in [0.15, 0.2) is 0 Å². The van der Waals surface area contributed by atoms with Gasteiger partial charge in [0.05, 0.1) is 12.3 Å². The molecule has 1 aromatic rings. The first-order valence-corrected chi connectivity index (χ1v) is 8.66. The maximum absolute atomic E-state index is 6.15. The summed E-state index contributed by atoms with van der Waals surface area (Å²) in [6, 6.07) is 6.40. The second-order valence-corrected chi connectivity index (χ2v) is 6.94. The van der Waals surface area contributed by atoms with Gasteiger partial charge in [0, 0.05) is 11.1 Å². The van der Waals surface area contributed by atoms with Crippen LogP contribution < -0.4 is 10.1 Å². The van der Waals surface area contributed by atoms with E-state index in [0.717, 1.165) is 41.3 Å². The van der Waals surface area contributed by atoms with Gasteiger partial charge in [-0.05, 0) is 49.3 Å². The third kappa shape index (κ3) is 4.81. The second kappa shape index (κ2) is 7.93. The fourth-order valence-electron chi connectivity index (χ4n) is 3.14. The molecule has 1 aromatic carbocycles. The molecule has 1 aliphatic carbocycles. The summed E-state index contributed by atoms with van der Waals surface area (Å²) < 4.78 is 5.84. The van der Waals surface area contributed by atoms with Crippen LogP contribution in [0.15, 0.2) is 18.2 Å². The summed E-state index contributed by atoms with van der Waals surface area (Å²) in [5.41, 5.74) is 1.05. The Morgan fingerprint density at radius 1 is 1.33 bits per heavy atom. The highest BCUT2D eigenvalue weighted by atomic mass is 35.5. The highest BCUT2D eigenvalue weighted by molar-refractivity contribution is 6.30. The van der Waals surface area contributed by atoms with Gasteiger partial charge in [0.1, 0.15) is 5.75 Å². The molecular weight excluding hydrogens is 282 g/mol. The lowest BCUT2D eigenvalue weighted by Crippen LogP contribution is -2.29. The zero-order valence-corrected chi connectivity index (χ0v) is 14.2. The van der Waals surface area contributed by atoms with Gasteiger partial charge in [-0.25, -0.2) is 0 Å². The molecule has 1 saturated carbocycles. The number of hydrogen-bond acceptors (Lipinski definition) is 2.